The molecule has 2 rings (SSSR count). The van der Waals surface area contributed by atoms with Crippen molar-refractivity contribution in [2.24, 2.45) is 0 Å². The minimum absolute atomic E-state index is 0.0592. The molecule has 0 unspecified atom stereocenters. The first-order chi connectivity index (χ1) is 12.1. The van der Waals surface area contributed by atoms with Gasteiger partial charge in [0.2, 0.25) is 0 Å². The molecule has 0 saturated heterocycles. The monoisotopic (exact) mass is 353 g/mol. The fourth-order valence-corrected chi connectivity index (χ4v) is 2.74. The smallest absolute Gasteiger partial charge is 0.261 e. The van der Waals surface area contributed by atoms with Crippen molar-refractivity contribution in [3.05, 3.63) is 64.7 Å². The first-order valence-electron chi connectivity index (χ1n) is 9.22. The number of carbonyl (C=O) groups is 1. The normalized spacial score (nSPS) is 13.8. The van der Waals surface area contributed by atoms with E-state index in [9.17, 15) is 4.79 Å². The number of amides is 1. The van der Waals surface area contributed by atoms with Crippen molar-refractivity contribution in [1.29, 1.82) is 0 Å². The molecule has 2 atom stereocenters. The fraction of sp³-hybridized carbons (Fsp3) is 0.435. The summed E-state index contributed by atoms with van der Waals surface area (Å²) in [7, 11) is 0. The summed E-state index contributed by atoms with van der Waals surface area (Å²) in [6.07, 6.45) is -0.551. The average Bonchev–Trinajstić information content (AvgIpc) is 2.56. The van der Waals surface area contributed by atoms with E-state index in [0.29, 0.717) is 5.75 Å². The van der Waals surface area contributed by atoms with Gasteiger partial charge >= 0.3 is 0 Å². The van der Waals surface area contributed by atoms with Crippen LogP contribution in [-0.4, -0.2) is 12.0 Å². The number of aryl methyl sites for hydroxylation is 2. The topological polar surface area (TPSA) is 38.3 Å². The first-order valence-corrected chi connectivity index (χ1v) is 9.22. The van der Waals surface area contributed by atoms with Gasteiger partial charge in [0.25, 0.3) is 5.91 Å². The first kappa shape index (κ1) is 20.0. The highest BCUT2D eigenvalue weighted by Gasteiger charge is 2.19. The van der Waals surface area contributed by atoms with Crippen LogP contribution in [0.15, 0.2) is 42.5 Å². The molecule has 0 aliphatic heterocycles. The molecule has 0 spiro atoms. The van der Waals surface area contributed by atoms with E-state index in [1.165, 1.54) is 16.7 Å². The summed E-state index contributed by atoms with van der Waals surface area (Å²) in [6.45, 7) is 14.5. The zero-order chi connectivity index (χ0) is 19.5. The molecule has 26 heavy (non-hydrogen) atoms. The van der Waals surface area contributed by atoms with Gasteiger partial charge in [0.05, 0.1) is 6.04 Å². The van der Waals surface area contributed by atoms with E-state index in [0.717, 1.165) is 5.56 Å². The number of nitrogens with one attached hydrogen (secondary N) is 1. The molecule has 1 N–H and O–H groups in total. The predicted molar refractivity (Wildman–Crippen MR) is 108 cm³/mol. The minimum Gasteiger partial charge on any atom is -0.481 e. The summed E-state index contributed by atoms with van der Waals surface area (Å²) in [4.78, 5) is 12.5. The van der Waals surface area contributed by atoms with Gasteiger partial charge in [0.1, 0.15) is 5.75 Å². The second-order valence-electron chi connectivity index (χ2n) is 8.11. The van der Waals surface area contributed by atoms with Crippen molar-refractivity contribution >= 4 is 5.91 Å². The molecule has 0 heterocycles. The maximum atomic E-state index is 12.5. The van der Waals surface area contributed by atoms with Gasteiger partial charge in [0.15, 0.2) is 6.10 Å². The molecule has 0 bridgehead atoms. The molecule has 3 heteroatoms. The number of hydrogen-bond donors (Lipinski definition) is 1. The van der Waals surface area contributed by atoms with Crippen LogP contribution < -0.4 is 10.1 Å². The number of ether oxygens (including phenoxy) is 1. The summed E-state index contributed by atoms with van der Waals surface area (Å²) in [5.74, 6) is 0.593. The van der Waals surface area contributed by atoms with Crippen molar-refractivity contribution in [1.82, 2.24) is 5.32 Å². The van der Waals surface area contributed by atoms with E-state index in [4.69, 9.17) is 4.74 Å². The zero-order valence-corrected chi connectivity index (χ0v) is 17.0. The van der Waals surface area contributed by atoms with Gasteiger partial charge in [-0.05, 0) is 67.5 Å². The third kappa shape index (κ3) is 5.10. The Labute approximate surface area is 157 Å². The Bertz CT molecular complexity index is 757. The molecule has 3 nitrogen and oxygen atoms in total. The van der Waals surface area contributed by atoms with Crippen LogP contribution in [0.5, 0.6) is 5.75 Å². The number of benzene rings is 2. The third-order valence-electron chi connectivity index (χ3n) is 4.79. The summed E-state index contributed by atoms with van der Waals surface area (Å²) in [6, 6.07) is 14.2. The van der Waals surface area contributed by atoms with Gasteiger partial charge in [-0.1, -0.05) is 51.1 Å². The molecule has 0 saturated carbocycles. The highest BCUT2D eigenvalue weighted by Crippen LogP contribution is 2.25. The largest absolute Gasteiger partial charge is 0.481 e. The van der Waals surface area contributed by atoms with E-state index >= 15 is 0 Å². The van der Waals surface area contributed by atoms with Crippen LogP contribution in [0.1, 0.15) is 62.9 Å². The molecule has 0 aromatic heterocycles. The molecule has 0 aliphatic carbocycles. The van der Waals surface area contributed by atoms with E-state index < -0.39 is 6.10 Å². The predicted octanol–water partition coefficient (Wildman–Crippen LogP) is 5.25. The van der Waals surface area contributed by atoms with E-state index in [-0.39, 0.29) is 17.4 Å². The van der Waals surface area contributed by atoms with Crippen LogP contribution in [0.4, 0.5) is 0 Å². The summed E-state index contributed by atoms with van der Waals surface area (Å²) in [5.41, 5.74) is 4.92. The molecule has 2 aromatic rings. The maximum Gasteiger partial charge on any atom is 0.261 e. The van der Waals surface area contributed by atoms with Crippen molar-refractivity contribution < 1.29 is 9.53 Å². The Morgan fingerprint density at radius 1 is 0.962 bits per heavy atom. The van der Waals surface area contributed by atoms with Crippen LogP contribution in [0.25, 0.3) is 0 Å². The second-order valence-corrected chi connectivity index (χ2v) is 8.11. The van der Waals surface area contributed by atoms with Crippen molar-refractivity contribution in [3.8, 4) is 5.75 Å². The molecular formula is C23H31NO2. The maximum absolute atomic E-state index is 12.5. The van der Waals surface area contributed by atoms with Crippen molar-refractivity contribution in [2.75, 3.05) is 0 Å². The van der Waals surface area contributed by atoms with Gasteiger partial charge in [-0.2, -0.15) is 0 Å². The summed E-state index contributed by atoms with van der Waals surface area (Å²) in [5, 5.41) is 3.03. The Morgan fingerprint density at radius 2 is 1.58 bits per heavy atom. The number of hydrogen-bond acceptors (Lipinski definition) is 2. The van der Waals surface area contributed by atoms with Crippen LogP contribution in [0.3, 0.4) is 0 Å². The highest BCUT2D eigenvalue weighted by atomic mass is 16.5. The van der Waals surface area contributed by atoms with Crippen LogP contribution in [0.2, 0.25) is 0 Å². The van der Waals surface area contributed by atoms with Crippen LogP contribution in [-0.2, 0) is 10.2 Å². The minimum atomic E-state index is -0.551. The molecule has 2 aromatic carbocycles. The summed E-state index contributed by atoms with van der Waals surface area (Å²) >= 11 is 0. The van der Waals surface area contributed by atoms with Crippen molar-refractivity contribution in [3.63, 3.8) is 0 Å². The Hall–Kier alpha value is -2.29. The molecule has 1 amide bonds. The lowest BCUT2D eigenvalue weighted by molar-refractivity contribution is -0.127. The van der Waals surface area contributed by atoms with Crippen molar-refractivity contribution in [2.45, 2.75) is 66.0 Å². The average molecular weight is 354 g/mol. The Morgan fingerprint density at radius 3 is 2.12 bits per heavy atom. The quantitative estimate of drug-likeness (QED) is 0.798. The molecule has 0 fully saturated rings. The van der Waals surface area contributed by atoms with Gasteiger partial charge < -0.3 is 10.1 Å². The molecular weight excluding hydrogens is 322 g/mol. The van der Waals surface area contributed by atoms with Gasteiger partial charge in [0, 0.05) is 0 Å². The van der Waals surface area contributed by atoms with Crippen LogP contribution in [0, 0.1) is 13.8 Å². The van der Waals surface area contributed by atoms with Crippen LogP contribution >= 0.6 is 0 Å². The highest BCUT2D eigenvalue weighted by molar-refractivity contribution is 5.81. The molecule has 140 valence electrons. The number of rotatable bonds is 5. The van der Waals surface area contributed by atoms with Gasteiger partial charge in [-0.25, -0.2) is 0 Å². The Balaban J connectivity index is 1.97. The molecule has 0 radical (unpaired) electrons. The van der Waals surface area contributed by atoms with E-state index in [1.54, 1.807) is 6.92 Å². The van der Waals surface area contributed by atoms with E-state index in [1.807, 2.05) is 19.1 Å². The Kier molecular flexibility index (Phi) is 6.12. The fourth-order valence-electron chi connectivity index (χ4n) is 2.74. The standard InChI is InChI=1S/C23H31NO2/c1-15-8-9-19(14-16(15)2)17(3)24-22(25)18(4)26-21-12-10-20(11-13-21)23(5,6)7/h8-14,17-18H,1-7H3,(H,24,25)/t17-,18-/m1/s1. The lowest BCUT2D eigenvalue weighted by atomic mass is 9.87. The second kappa shape index (κ2) is 7.94. The molecule has 0 aliphatic rings. The van der Waals surface area contributed by atoms with Gasteiger partial charge in [-0.15, -0.1) is 0 Å². The SMILES string of the molecule is Cc1ccc([C@@H](C)NC(=O)[C@@H](C)Oc2ccc(C(C)(C)C)cc2)cc1C. The van der Waals surface area contributed by atoms with E-state index in [2.05, 4.69) is 70.3 Å². The summed E-state index contributed by atoms with van der Waals surface area (Å²) < 4.78 is 5.81. The lowest BCUT2D eigenvalue weighted by Crippen LogP contribution is -2.37. The number of carbonyl (C=O) groups excluding carboxylic acids is 1. The third-order valence-corrected chi connectivity index (χ3v) is 4.79. The zero-order valence-electron chi connectivity index (χ0n) is 17.0. The lowest BCUT2D eigenvalue weighted by Gasteiger charge is -2.21. The van der Waals surface area contributed by atoms with Gasteiger partial charge in [-0.3, -0.25) is 4.79 Å².